The molecule has 4 aromatic rings. The van der Waals surface area contributed by atoms with Gasteiger partial charge in [-0.3, -0.25) is 9.36 Å². The predicted octanol–water partition coefficient (Wildman–Crippen LogP) is 6.20. The molecule has 0 N–H and O–H groups in total. The molecule has 0 fully saturated rings. The number of carbonyl (C=O) groups is 1. The maximum atomic E-state index is 14.3. The molecule has 1 aliphatic heterocycles. The number of thiazole rings is 1. The number of ether oxygens (including phenoxy) is 2. The molecule has 0 aliphatic carbocycles. The highest BCUT2D eigenvalue weighted by molar-refractivity contribution is 7.15. The van der Waals surface area contributed by atoms with Crippen LogP contribution in [0.4, 0.5) is 0 Å². The normalized spacial score (nSPS) is 14.8. The van der Waals surface area contributed by atoms with E-state index in [0.717, 1.165) is 38.8 Å². The molecule has 1 aliphatic rings. The Balaban J connectivity index is 1.77. The summed E-state index contributed by atoms with van der Waals surface area (Å²) in [4.78, 5) is 34.2. The number of hydrogen-bond acceptors (Lipinski definition) is 8. The average molecular weight is 649 g/mol. The van der Waals surface area contributed by atoms with Gasteiger partial charge in [0, 0.05) is 26.9 Å². The number of allylic oxidation sites excluding steroid dienone is 1. The second-order valence-corrected chi connectivity index (χ2v) is 13.2. The molecular weight excluding hydrogens is 616 g/mol. The first-order valence-corrected chi connectivity index (χ1v) is 16.3. The first-order chi connectivity index (χ1) is 21.1. The number of methoxy groups -OCH3 is 1. The Morgan fingerprint density at radius 1 is 1.18 bits per heavy atom. The Hall–Kier alpha value is -3.91. The van der Waals surface area contributed by atoms with Crippen LogP contribution in [0.15, 0.2) is 45.3 Å². The standard InChI is InChI=1S/C33H33ClN4O4S2/c1-8-10-25-28(32(40)42-9-2)29(23-15-22(34)11-12-26(23)41-7)38-30(39)27(44-33(38)36-25)14-21-13-17(3)37(19(21)5)31-24(16-35)18(4)20(6)43-31/h11-15,29H,8-10H2,1-7H3/b27-14-/t29-/m0/s1. The lowest BCUT2D eigenvalue weighted by molar-refractivity contribution is -0.139. The molecule has 0 radical (unpaired) electrons. The summed E-state index contributed by atoms with van der Waals surface area (Å²) in [5, 5.41) is 11.2. The molecule has 11 heteroatoms. The van der Waals surface area contributed by atoms with Gasteiger partial charge in [0.1, 0.15) is 22.9 Å². The number of halogens is 1. The molecule has 44 heavy (non-hydrogen) atoms. The zero-order valence-electron chi connectivity index (χ0n) is 25.7. The monoisotopic (exact) mass is 648 g/mol. The summed E-state index contributed by atoms with van der Waals surface area (Å²) in [5.74, 6) is -0.0358. The van der Waals surface area contributed by atoms with E-state index in [2.05, 4.69) is 10.6 Å². The number of fused-ring (bicyclic) bond motifs is 1. The number of aryl methyl sites for hydroxylation is 2. The third kappa shape index (κ3) is 5.34. The highest BCUT2D eigenvalue weighted by Gasteiger charge is 2.36. The van der Waals surface area contributed by atoms with Crippen LogP contribution in [0.25, 0.3) is 11.1 Å². The van der Waals surface area contributed by atoms with Gasteiger partial charge >= 0.3 is 5.97 Å². The molecule has 0 amide bonds. The number of nitriles is 1. The van der Waals surface area contributed by atoms with Crippen molar-refractivity contribution in [2.75, 3.05) is 13.7 Å². The number of benzene rings is 1. The van der Waals surface area contributed by atoms with E-state index in [1.165, 1.54) is 11.3 Å². The maximum absolute atomic E-state index is 14.3. The Morgan fingerprint density at radius 3 is 2.59 bits per heavy atom. The molecule has 3 aromatic heterocycles. The molecule has 4 heterocycles. The Labute approximate surface area is 268 Å². The van der Waals surface area contributed by atoms with Gasteiger partial charge in [0.05, 0.1) is 35.1 Å². The summed E-state index contributed by atoms with van der Waals surface area (Å²) < 4.78 is 15.3. The minimum atomic E-state index is -0.842. The molecule has 1 atom stereocenters. The fourth-order valence-electron chi connectivity index (χ4n) is 5.62. The predicted molar refractivity (Wildman–Crippen MR) is 175 cm³/mol. The van der Waals surface area contributed by atoms with Gasteiger partial charge in [0.25, 0.3) is 5.56 Å². The minimum absolute atomic E-state index is 0.179. The lowest BCUT2D eigenvalue weighted by Gasteiger charge is -2.27. The quantitative estimate of drug-likeness (QED) is 0.212. The van der Waals surface area contributed by atoms with E-state index in [-0.39, 0.29) is 12.2 Å². The topological polar surface area (TPSA) is 98.6 Å². The molecule has 5 rings (SSSR count). The lowest BCUT2D eigenvalue weighted by Crippen LogP contribution is -2.40. The van der Waals surface area contributed by atoms with E-state index in [9.17, 15) is 14.9 Å². The minimum Gasteiger partial charge on any atom is -0.496 e. The second kappa shape index (κ2) is 12.6. The van der Waals surface area contributed by atoms with Crippen LogP contribution in [-0.4, -0.2) is 28.8 Å². The SMILES string of the molecule is CCCC1=C(C(=O)OCC)[C@H](c2cc(Cl)ccc2OC)n2c(s/c(=C\c3cc(C)n(-c4sc(C)c(C)c4C#N)c3C)c2=O)=N1. The number of thiophene rings is 1. The van der Waals surface area contributed by atoms with Crippen molar-refractivity contribution in [3.63, 3.8) is 0 Å². The Kier molecular flexibility index (Phi) is 9.02. The zero-order valence-corrected chi connectivity index (χ0v) is 28.1. The Bertz CT molecular complexity index is 2060. The highest BCUT2D eigenvalue weighted by Crippen LogP contribution is 2.38. The molecule has 1 aromatic carbocycles. The van der Waals surface area contributed by atoms with E-state index >= 15 is 0 Å². The van der Waals surface area contributed by atoms with Crippen LogP contribution < -0.4 is 19.6 Å². The van der Waals surface area contributed by atoms with Crippen molar-refractivity contribution in [3.05, 3.63) is 98.8 Å². The third-order valence-corrected chi connectivity index (χ3v) is 10.2. The molecule has 8 nitrogen and oxygen atoms in total. The van der Waals surface area contributed by atoms with Gasteiger partial charge in [0.15, 0.2) is 4.80 Å². The first kappa shape index (κ1) is 31.5. The number of nitrogens with zero attached hydrogens (tertiary/aromatic N) is 4. The summed E-state index contributed by atoms with van der Waals surface area (Å²) >= 11 is 9.31. The zero-order chi connectivity index (χ0) is 31.9. The molecule has 0 unspecified atom stereocenters. The van der Waals surface area contributed by atoms with Gasteiger partial charge in [-0.15, -0.1) is 11.3 Å². The summed E-state index contributed by atoms with van der Waals surface area (Å²) in [6, 6.07) is 8.70. The number of esters is 1. The van der Waals surface area contributed by atoms with Crippen molar-refractivity contribution in [3.8, 4) is 16.8 Å². The van der Waals surface area contributed by atoms with Gasteiger partial charge in [-0.05, 0) is 82.5 Å². The lowest BCUT2D eigenvalue weighted by atomic mass is 9.93. The van der Waals surface area contributed by atoms with Crippen molar-refractivity contribution in [1.29, 1.82) is 5.26 Å². The van der Waals surface area contributed by atoms with Crippen LogP contribution in [0.1, 0.15) is 71.2 Å². The fraction of sp³-hybridized carbons (Fsp3) is 0.333. The van der Waals surface area contributed by atoms with Crippen molar-refractivity contribution in [1.82, 2.24) is 9.13 Å². The number of aromatic nitrogens is 2. The largest absolute Gasteiger partial charge is 0.496 e. The summed E-state index contributed by atoms with van der Waals surface area (Å²) in [6.07, 6.45) is 3.14. The van der Waals surface area contributed by atoms with Crippen molar-refractivity contribution in [2.24, 2.45) is 4.99 Å². The van der Waals surface area contributed by atoms with E-state index < -0.39 is 12.0 Å². The molecule has 228 valence electrons. The van der Waals surface area contributed by atoms with Crippen LogP contribution in [0.5, 0.6) is 5.75 Å². The van der Waals surface area contributed by atoms with Crippen molar-refractivity contribution in [2.45, 2.75) is 60.4 Å². The van der Waals surface area contributed by atoms with Crippen LogP contribution in [-0.2, 0) is 9.53 Å². The highest BCUT2D eigenvalue weighted by atomic mass is 35.5. The van der Waals surface area contributed by atoms with Crippen LogP contribution in [0.2, 0.25) is 5.02 Å². The van der Waals surface area contributed by atoms with Gasteiger partial charge in [-0.1, -0.05) is 36.3 Å². The number of rotatable bonds is 8. The molecular formula is C33H33ClN4O4S2. The van der Waals surface area contributed by atoms with Gasteiger partial charge in [-0.25, -0.2) is 9.79 Å². The van der Waals surface area contributed by atoms with Gasteiger partial charge in [-0.2, -0.15) is 5.26 Å². The maximum Gasteiger partial charge on any atom is 0.338 e. The van der Waals surface area contributed by atoms with E-state index in [0.29, 0.717) is 48.9 Å². The van der Waals surface area contributed by atoms with Crippen molar-refractivity contribution >= 4 is 46.3 Å². The molecule has 0 bridgehead atoms. The Morgan fingerprint density at radius 2 is 1.93 bits per heavy atom. The number of carbonyl (C=O) groups excluding carboxylic acids is 1. The number of hydrogen-bond donors (Lipinski definition) is 0. The summed E-state index contributed by atoms with van der Waals surface area (Å²) in [5.41, 5.74) is 5.53. The third-order valence-electron chi connectivity index (χ3n) is 7.82. The van der Waals surface area contributed by atoms with Crippen molar-refractivity contribution < 1.29 is 14.3 Å². The van der Waals surface area contributed by atoms with Gasteiger partial charge in [0.2, 0.25) is 0 Å². The van der Waals surface area contributed by atoms with E-state index in [1.54, 1.807) is 48.1 Å². The molecule has 0 saturated carbocycles. The van der Waals surface area contributed by atoms with Crippen LogP contribution >= 0.6 is 34.3 Å². The molecule has 0 spiro atoms. The first-order valence-electron chi connectivity index (χ1n) is 14.3. The average Bonchev–Trinajstić information content (AvgIpc) is 3.56. The van der Waals surface area contributed by atoms with E-state index in [4.69, 9.17) is 26.1 Å². The second-order valence-electron chi connectivity index (χ2n) is 10.5. The van der Waals surface area contributed by atoms with Crippen LogP contribution in [0, 0.1) is 39.0 Å². The molecule has 0 saturated heterocycles. The van der Waals surface area contributed by atoms with Crippen LogP contribution in [0.3, 0.4) is 0 Å². The van der Waals surface area contributed by atoms with Gasteiger partial charge < -0.3 is 14.0 Å². The fourth-order valence-corrected chi connectivity index (χ4v) is 8.03. The van der Waals surface area contributed by atoms with E-state index in [1.807, 2.05) is 46.8 Å². The smallest absolute Gasteiger partial charge is 0.338 e. The summed E-state index contributed by atoms with van der Waals surface area (Å²) in [7, 11) is 1.54. The summed E-state index contributed by atoms with van der Waals surface area (Å²) in [6.45, 7) is 11.9.